The summed E-state index contributed by atoms with van der Waals surface area (Å²) in [4.78, 5) is 0. The minimum atomic E-state index is 0. The second kappa shape index (κ2) is 16.5. The van der Waals surface area contributed by atoms with E-state index in [-0.39, 0.29) is 35.9 Å². The van der Waals surface area contributed by atoms with Gasteiger partial charge in [-0.3, -0.25) is 0 Å². The van der Waals surface area contributed by atoms with Crippen LogP contribution in [0, 0.1) is 0 Å². The fraction of sp³-hybridized carbons (Fsp3) is 1.00. The Morgan fingerprint density at radius 3 is 1.17 bits per heavy atom. The van der Waals surface area contributed by atoms with Crippen LogP contribution in [0.4, 0.5) is 0 Å². The van der Waals surface area contributed by atoms with E-state index in [4.69, 9.17) is 0 Å². The Labute approximate surface area is 62.7 Å². The molecular formula is C4H10CuLi. The molecule has 0 atom stereocenters. The molecule has 38 valence electrons. The third-order valence-corrected chi connectivity index (χ3v) is 0.500. The van der Waals surface area contributed by atoms with E-state index in [9.17, 15) is 0 Å². The third-order valence-electron chi connectivity index (χ3n) is 0.500. The molecule has 0 nitrogen and oxygen atoms in total. The minimum absolute atomic E-state index is 0. The average Bonchev–Trinajstić information content (AvgIpc) is 1.37. The smallest absolute Gasteiger partial charge is 0 e. The molecule has 0 fully saturated rings. The van der Waals surface area contributed by atoms with Crippen LogP contribution in [0.15, 0.2) is 0 Å². The second-order valence-electron chi connectivity index (χ2n) is 1.000. The molecule has 0 heterocycles. The molecule has 6 heavy (non-hydrogen) atoms. The molecular weight excluding hydrogens is 119 g/mol. The zero-order valence-electron chi connectivity index (χ0n) is 4.72. The summed E-state index contributed by atoms with van der Waals surface area (Å²) in [6.07, 6.45) is 2.64. The van der Waals surface area contributed by atoms with Crippen molar-refractivity contribution in [2.75, 3.05) is 0 Å². The van der Waals surface area contributed by atoms with Gasteiger partial charge in [-0.05, 0) is 0 Å². The predicted molar refractivity (Wildman–Crippen MR) is 26.3 cm³/mol. The topological polar surface area (TPSA) is 0 Å². The summed E-state index contributed by atoms with van der Waals surface area (Å²) in [6.45, 7) is 4.36. The van der Waals surface area contributed by atoms with E-state index in [2.05, 4.69) is 13.8 Å². The summed E-state index contributed by atoms with van der Waals surface area (Å²) < 4.78 is 0. The van der Waals surface area contributed by atoms with Gasteiger partial charge in [0, 0.05) is 35.9 Å². The second-order valence-corrected chi connectivity index (χ2v) is 1.000. The average molecular weight is 129 g/mol. The third kappa shape index (κ3) is 19.4. The van der Waals surface area contributed by atoms with Crippen molar-refractivity contribution < 1.29 is 17.1 Å². The molecule has 2 heteroatoms. The molecule has 0 rings (SSSR count). The van der Waals surface area contributed by atoms with Crippen LogP contribution in [0.25, 0.3) is 0 Å². The zero-order valence-corrected chi connectivity index (χ0v) is 5.66. The Hall–Kier alpha value is 1.12. The molecule has 0 N–H and O–H groups in total. The Morgan fingerprint density at radius 2 is 1.17 bits per heavy atom. The molecule has 0 aliphatic rings. The van der Waals surface area contributed by atoms with Gasteiger partial charge in [-0.2, -0.15) is 0 Å². The normalized spacial score (nSPS) is 5.00. The van der Waals surface area contributed by atoms with Crippen LogP contribution in [0.1, 0.15) is 26.7 Å². The van der Waals surface area contributed by atoms with Crippen molar-refractivity contribution in [1.29, 1.82) is 0 Å². The van der Waals surface area contributed by atoms with Crippen LogP contribution in [0.5, 0.6) is 0 Å². The monoisotopic (exact) mass is 128 g/mol. The molecule has 0 aromatic heterocycles. The molecule has 0 aromatic rings. The van der Waals surface area contributed by atoms with Crippen LogP contribution in [-0.2, 0) is 17.1 Å². The fourth-order valence-corrected chi connectivity index (χ4v) is 0. The van der Waals surface area contributed by atoms with Crippen LogP contribution in [0.2, 0.25) is 0 Å². The summed E-state index contributed by atoms with van der Waals surface area (Å²) in [6, 6.07) is 0. The molecule has 0 aliphatic heterocycles. The van der Waals surface area contributed by atoms with Gasteiger partial charge in [0.15, 0.2) is 0 Å². The largest absolute Gasteiger partial charge is 0.0654 e. The van der Waals surface area contributed by atoms with Gasteiger partial charge in [-0.25, -0.2) is 0 Å². The van der Waals surface area contributed by atoms with Crippen molar-refractivity contribution in [2.45, 2.75) is 26.7 Å². The zero-order chi connectivity index (χ0) is 3.41. The molecule has 0 aromatic carbocycles. The van der Waals surface area contributed by atoms with Gasteiger partial charge >= 0.3 is 0 Å². The Kier molecular flexibility index (Phi) is 43.2. The maximum atomic E-state index is 2.18. The van der Waals surface area contributed by atoms with Crippen molar-refractivity contribution in [3.05, 3.63) is 0 Å². The fourth-order valence-electron chi connectivity index (χ4n) is 0. The van der Waals surface area contributed by atoms with Gasteiger partial charge in [-0.1, -0.05) is 26.7 Å². The van der Waals surface area contributed by atoms with E-state index in [0.717, 1.165) is 0 Å². The number of rotatable bonds is 1. The molecule has 0 spiro atoms. The first-order valence-corrected chi connectivity index (χ1v) is 1.91. The molecule has 0 saturated heterocycles. The van der Waals surface area contributed by atoms with Crippen molar-refractivity contribution in [3.8, 4) is 0 Å². The van der Waals surface area contributed by atoms with E-state index < -0.39 is 0 Å². The van der Waals surface area contributed by atoms with Gasteiger partial charge < -0.3 is 0 Å². The van der Waals surface area contributed by atoms with Gasteiger partial charge in [0.1, 0.15) is 0 Å². The van der Waals surface area contributed by atoms with Gasteiger partial charge in [-0.15, -0.1) is 0 Å². The molecule has 2 radical (unpaired) electrons. The van der Waals surface area contributed by atoms with Crippen LogP contribution in [0.3, 0.4) is 0 Å². The van der Waals surface area contributed by atoms with Gasteiger partial charge in [0.05, 0.1) is 0 Å². The van der Waals surface area contributed by atoms with Crippen molar-refractivity contribution >= 4 is 18.9 Å². The van der Waals surface area contributed by atoms with Gasteiger partial charge in [0.25, 0.3) is 0 Å². The predicted octanol–water partition coefficient (Wildman–Crippen LogP) is 1.42. The molecule has 0 unspecified atom stereocenters. The standard InChI is InChI=1S/C4H10.Cu.Li/c1-3-4-2;;/h3-4H2,1-2H3;;. The number of hydrogen-bond acceptors (Lipinski definition) is 0. The van der Waals surface area contributed by atoms with E-state index in [1.165, 1.54) is 12.8 Å². The van der Waals surface area contributed by atoms with E-state index in [1.807, 2.05) is 0 Å². The maximum absolute atomic E-state index is 2.18. The molecule has 0 aliphatic carbocycles. The molecule has 0 saturated carbocycles. The van der Waals surface area contributed by atoms with Crippen molar-refractivity contribution in [3.63, 3.8) is 0 Å². The van der Waals surface area contributed by atoms with E-state index in [0.29, 0.717) is 0 Å². The molecule has 0 amide bonds. The number of hydrogen-bond donors (Lipinski definition) is 0. The minimum Gasteiger partial charge on any atom is -0.0654 e. The Bertz CT molecular complexity index is 9.51. The van der Waals surface area contributed by atoms with Gasteiger partial charge in [0.2, 0.25) is 0 Å². The van der Waals surface area contributed by atoms with Crippen LogP contribution in [-0.4, -0.2) is 18.9 Å². The first-order chi connectivity index (χ1) is 1.91. The van der Waals surface area contributed by atoms with Crippen LogP contribution >= 0.6 is 0 Å². The summed E-state index contributed by atoms with van der Waals surface area (Å²) in [5, 5.41) is 0. The van der Waals surface area contributed by atoms with E-state index in [1.54, 1.807) is 0 Å². The van der Waals surface area contributed by atoms with Crippen molar-refractivity contribution in [2.24, 2.45) is 0 Å². The first-order valence-electron chi connectivity index (χ1n) is 1.91. The van der Waals surface area contributed by atoms with Crippen LogP contribution < -0.4 is 0 Å². The first kappa shape index (κ1) is 15.7. The summed E-state index contributed by atoms with van der Waals surface area (Å²) in [5.41, 5.74) is 0. The summed E-state index contributed by atoms with van der Waals surface area (Å²) in [7, 11) is 0. The summed E-state index contributed by atoms with van der Waals surface area (Å²) in [5.74, 6) is 0. The number of unbranched alkanes of at least 4 members (excludes halogenated alkanes) is 1. The van der Waals surface area contributed by atoms with E-state index >= 15 is 0 Å². The summed E-state index contributed by atoms with van der Waals surface area (Å²) >= 11 is 0. The maximum Gasteiger partial charge on any atom is 0 e. The van der Waals surface area contributed by atoms with Crippen molar-refractivity contribution in [1.82, 2.24) is 0 Å². The SMILES string of the molecule is CCCC.[Cu].[Li]. The Morgan fingerprint density at radius 1 is 1.00 bits per heavy atom. The molecule has 0 bridgehead atoms. The quantitative estimate of drug-likeness (QED) is 0.469. The Balaban J connectivity index is -0.0000000450.